The maximum Gasteiger partial charge on any atom is 0.223 e. The van der Waals surface area contributed by atoms with Gasteiger partial charge in [0.1, 0.15) is 5.03 Å². The highest BCUT2D eigenvalue weighted by atomic mass is 32.2. The Bertz CT molecular complexity index is 722. The normalized spacial score (nSPS) is 11.0. The van der Waals surface area contributed by atoms with Gasteiger partial charge in [0.25, 0.3) is 0 Å². The van der Waals surface area contributed by atoms with E-state index in [0.717, 1.165) is 16.2 Å². The molecule has 3 rings (SSSR count). The Balaban J connectivity index is 1.87. The summed E-state index contributed by atoms with van der Waals surface area (Å²) in [5.74, 6) is 1.11. The molecule has 96 valence electrons. The van der Waals surface area contributed by atoms with Gasteiger partial charge in [-0.3, -0.25) is 5.10 Å². The number of rotatable bonds is 3. The molecule has 19 heavy (non-hydrogen) atoms. The zero-order valence-electron chi connectivity index (χ0n) is 10.4. The summed E-state index contributed by atoms with van der Waals surface area (Å²) >= 11 is 1.64. The number of nitrogens with two attached hydrogens (primary N) is 1. The Hall–Kier alpha value is -2.08. The minimum Gasteiger partial charge on any atom is -0.368 e. The Morgan fingerprint density at radius 1 is 1.32 bits per heavy atom. The highest BCUT2D eigenvalue weighted by molar-refractivity contribution is 7.98. The second-order valence-electron chi connectivity index (χ2n) is 4.30. The van der Waals surface area contributed by atoms with E-state index in [0.29, 0.717) is 5.65 Å². The monoisotopic (exact) mass is 271 g/mol. The quantitative estimate of drug-likeness (QED) is 0.565. The first-order chi connectivity index (χ1) is 9.22. The molecular formula is C13H13N5S. The molecule has 0 saturated carbocycles. The number of hydrogen-bond acceptors (Lipinski definition) is 5. The van der Waals surface area contributed by atoms with Gasteiger partial charge in [0, 0.05) is 5.75 Å². The first kappa shape index (κ1) is 12.0. The van der Waals surface area contributed by atoms with Gasteiger partial charge in [-0.1, -0.05) is 29.8 Å². The summed E-state index contributed by atoms with van der Waals surface area (Å²) in [4.78, 5) is 8.38. The van der Waals surface area contributed by atoms with E-state index in [1.54, 1.807) is 18.0 Å². The first-order valence-corrected chi connectivity index (χ1v) is 6.86. The Kier molecular flexibility index (Phi) is 3.08. The molecule has 0 fully saturated rings. The van der Waals surface area contributed by atoms with Crippen LogP contribution in [0.15, 0.2) is 35.5 Å². The molecule has 0 saturated heterocycles. The number of H-pyrrole nitrogens is 1. The summed E-state index contributed by atoms with van der Waals surface area (Å²) in [6.07, 6.45) is 1.73. The van der Waals surface area contributed by atoms with Gasteiger partial charge in [0.2, 0.25) is 5.95 Å². The number of benzene rings is 1. The van der Waals surface area contributed by atoms with Crippen LogP contribution in [0.1, 0.15) is 11.1 Å². The predicted octanol–water partition coefficient (Wildman–Crippen LogP) is 2.54. The Labute approximate surface area is 114 Å². The fourth-order valence-electron chi connectivity index (χ4n) is 1.89. The van der Waals surface area contributed by atoms with Crippen molar-refractivity contribution in [3.63, 3.8) is 0 Å². The van der Waals surface area contributed by atoms with Crippen molar-refractivity contribution in [2.45, 2.75) is 17.7 Å². The molecule has 0 atom stereocenters. The van der Waals surface area contributed by atoms with E-state index in [-0.39, 0.29) is 5.95 Å². The van der Waals surface area contributed by atoms with E-state index in [4.69, 9.17) is 5.73 Å². The number of aryl methyl sites for hydroxylation is 1. The van der Waals surface area contributed by atoms with Crippen LogP contribution in [0.5, 0.6) is 0 Å². The van der Waals surface area contributed by atoms with E-state index in [2.05, 4.69) is 51.4 Å². The molecule has 0 bridgehead atoms. The summed E-state index contributed by atoms with van der Waals surface area (Å²) in [5.41, 5.74) is 8.89. The SMILES string of the molecule is Cc1cccc(CSc2nc(N)nc3[nH]ncc23)c1. The molecule has 5 nitrogen and oxygen atoms in total. The molecule has 3 N–H and O–H groups in total. The van der Waals surface area contributed by atoms with Crippen molar-refractivity contribution in [1.82, 2.24) is 20.2 Å². The lowest BCUT2D eigenvalue weighted by Gasteiger charge is -2.04. The van der Waals surface area contributed by atoms with Gasteiger partial charge in [0.05, 0.1) is 11.6 Å². The molecular weight excluding hydrogens is 258 g/mol. The fraction of sp³-hybridized carbons (Fsp3) is 0.154. The van der Waals surface area contributed by atoms with E-state index < -0.39 is 0 Å². The van der Waals surface area contributed by atoms with Crippen molar-refractivity contribution in [2.24, 2.45) is 0 Å². The van der Waals surface area contributed by atoms with Crippen molar-refractivity contribution in [3.8, 4) is 0 Å². The zero-order chi connectivity index (χ0) is 13.2. The smallest absolute Gasteiger partial charge is 0.223 e. The lowest BCUT2D eigenvalue weighted by atomic mass is 10.2. The predicted molar refractivity (Wildman–Crippen MR) is 76.8 cm³/mol. The van der Waals surface area contributed by atoms with Gasteiger partial charge in [-0.05, 0) is 12.5 Å². The molecule has 0 aliphatic heterocycles. The van der Waals surface area contributed by atoms with Crippen molar-refractivity contribution < 1.29 is 0 Å². The molecule has 2 heterocycles. The molecule has 0 amide bonds. The number of nitrogens with one attached hydrogen (secondary N) is 1. The highest BCUT2D eigenvalue weighted by Gasteiger charge is 2.08. The highest BCUT2D eigenvalue weighted by Crippen LogP contribution is 2.27. The largest absolute Gasteiger partial charge is 0.368 e. The third-order valence-electron chi connectivity index (χ3n) is 2.75. The van der Waals surface area contributed by atoms with Crippen molar-refractivity contribution in [2.75, 3.05) is 5.73 Å². The first-order valence-electron chi connectivity index (χ1n) is 5.87. The molecule has 6 heteroatoms. The molecule has 0 unspecified atom stereocenters. The topological polar surface area (TPSA) is 80.5 Å². The van der Waals surface area contributed by atoms with Gasteiger partial charge in [-0.2, -0.15) is 10.1 Å². The van der Waals surface area contributed by atoms with Crippen LogP contribution >= 0.6 is 11.8 Å². The molecule has 0 radical (unpaired) electrons. The summed E-state index contributed by atoms with van der Waals surface area (Å²) < 4.78 is 0. The lowest BCUT2D eigenvalue weighted by molar-refractivity contribution is 1.08. The molecule has 0 spiro atoms. The van der Waals surface area contributed by atoms with Crippen molar-refractivity contribution >= 4 is 28.7 Å². The number of nitrogens with zero attached hydrogens (tertiary/aromatic N) is 3. The molecule has 1 aromatic carbocycles. The summed E-state index contributed by atoms with van der Waals surface area (Å²) in [6.45, 7) is 2.09. The maximum atomic E-state index is 5.69. The van der Waals surface area contributed by atoms with Gasteiger partial charge >= 0.3 is 0 Å². The van der Waals surface area contributed by atoms with Gasteiger partial charge < -0.3 is 5.73 Å². The van der Waals surface area contributed by atoms with Crippen LogP contribution in [-0.4, -0.2) is 20.2 Å². The minimum absolute atomic E-state index is 0.267. The molecule has 3 aromatic rings. The summed E-state index contributed by atoms with van der Waals surface area (Å²) in [5, 5.41) is 8.56. The van der Waals surface area contributed by atoms with E-state index in [9.17, 15) is 0 Å². The average Bonchev–Trinajstić information content (AvgIpc) is 2.84. The van der Waals surface area contributed by atoms with Crippen LogP contribution in [0.3, 0.4) is 0 Å². The number of fused-ring (bicyclic) bond motifs is 1. The number of aromatic nitrogens is 4. The molecule has 0 aliphatic rings. The van der Waals surface area contributed by atoms with Crippen LogP contribution in [0.4, 0.5) is 5.95 Å². The third-order valence-corrected chi connectivity index (χ3v) is 3.81. The van der Waals surface area contributed by atoms with Crippen LogP contribution in [0.25, 0.3) is 11.0 Å². The van der Waals surface area contributed by atoms with E-state index >= 15 is 0 Å². The van der Waals surface area contributed by atoms with Crippen molar-refractivity contribution in [1.29, 1.82) is 0 Å². The Morgan fingerprint density at radius 3 is 3.05 bits per heavy atom. The van der Waals surface area contributed by atoms with Crippen LogP contribution in [0.2, 0.25) is 0 Å². The number of hydrogen-bond donors (Lipinski definition) is 2. The van der Waals surface area contributed by atoms with Gasteiger partial charge in [-0.25, -0.2) is 4.98 Å². The van der Waals surface area contributed by atoms with Crippen LogP contribution in [0, 0.1) is 6.92 Å². The number of anilines is 1. The standard InChI is InChI=1S/C13H13N5S/c1-8-3-2-4-9(5-8)7-19-12-10-6-15-18-11(10)16-13(14)17-12/h2-6H,7H2,1H3,(H3,14,15,16,17,18). The second-order valence-corrected chi connectivity index (χ2v) is 5.26. The minimum atomic E-state index is 0.267. The number of nitrogen functional groups attached to an aromatic ring is 1. The maximum absolute atomic E-state index is 5.69. The third kappa shape index (κ3) is 2.53. The van der Waals surface area contributed by atoms with E-state index in [1.807, 2.05) is 0 Å². The number of thioether (sulfide) groups is 1. The van der Waals surface area contributed by atoms with Crippen LogP contribution < -0.4 is 5.73 Å². The Morgan fingerprint density at radius 2 is 2.21 bits per heavy atom. The second kappa shape index (κ2) is 4.89. The molecule has 0 aliphatic carbocycles. The van der Waals surface area contributed by atoms with E-state index in [1.165, 1.54) is 11.1 Å². The lowest BCUT2D eigenvalue weighted by Crippen LogP contribution is -1.96. The summed E-state index contributed by atoms with van der Waals surface area (Å²) in [6, 6.07) is 8.43. The van der Waals surface area contributed by atoms with Crippen LogP contribution in [-0.2, 0) is 5.75 Å². The molecule has 2 aromatic heterocycles. The van der Waals surface area contributed by atoms with Crippen molar-refractivity contribution in [3.05, 3.63) is 41.6 Å². The fourth-order valence-corrected chi connectivity index (χ4v) is 2.83. The summed E-state index contributed by atoms with van der Waals surface area (Å²) in [7, 11) is 0. The zero-order valence-corrected chi connectivity index (χ0v) is 11.2. The number of aromatic amines is 1. The van der Waals surface area contributed by atoms with Gasteiger partial charge in [-0.15, -0.1) is 11.8 Å². The average molecular weight is 271 g/mol. The van der Waals surface area contributed by atoms with Gasteiger partial charge in [0.15, 0.2) is 5.65 Å².